The summed E-state index contributed by atoms with van der Waals surface area (Å²) in [6.07, 6.45) is 5.07. The number of thioether (sulfide) groups is 1. The second kappa shape index (κ2) is 8.72. The summed E-state index contributed by atoms with van der Waals surface area (Å²) in [6, 6.07) is 13.5. The summed E-state index contributed by atoms with van der Waals surface area (Å²) >= 11 is 2.03. The van der Waals surface area contributed by atoms with Crippen molar-refractivity contribution in [1.29, 1.82) is 0 Å². The van der Waals surface area contributed by atoms with Gasteiger partial charge in [0, 0.05) is 41.9 Å². The first-order valence-electron chi connectivity index (χ1n) is 11.2. The van der Waals surface area contributed by atoms with E-state index >= 15 is 0 Å². The molecule has 5 rings (SSSR count). The Morgan fingerprint density at radius 1 is 1.07 bits per heavy atom. The molecule has 0 aliphatic carbocycles. The van der Waals surface area contributed by atoms with Crippen molar-refractivity contribution in [2.24, 2.45) is 0 Å². The molecule has 1 fully saturated rings. The predicted molar refractivity (Wildman–Crippen MR) is 121 cm³/mol. The van der Waals surface area contributed by atoms with Crippen molar-refractivity contribution < 1.29 is 9.18 Å². The highest BCUT2D eigenvalue weighted by Crippen LogP contribution is 2.50. The van der Waals surface area contributed by atoms with E-state index in [1.165, 1.54) is 54.3 Å². The number of hydrogen-bond donors (Lipinski definition) is 0. The van der Waals surface area contributed by atoms with Crippen molar-refractivity contribution in [1.82, 2.24) is 4.90 Å². The molecule has 3 nitrogen and oxygen atoms in total. The second-order valence-electron chi connectivity index (χ2n) is 8.72. The summed E-state index contributed by atoms with van der Waals surface area (Å²) in [6.45, 7) is 4.37. The molecule has 0 spiro atoms. The number of rotatable bonds is 5. The Balaban J connectivity index is 1.20. The van der Waals surface area contributed by atoms with E-state index in [0.717, 1.165) is 26.1 Å². The van der Waals surface area contributed by atoms with E-state index in [-0.39, 0.29) is 11.6 Å². The lowest BCUT2D eigenvalue weighted by atomic mass is 9.91. The molecule has 2 unspecified atom stereocenters. The van der Waals surface area contributed by atoms with Gasteiger partial charge in [-0.05, 0) is 80.4 Å². The molecule has 0 amide bonds. The fraction of sp³-hybridized carbons (Fsp3) is 0.480. The number of ketones is 1. The summed E-state index contributed by atoms with van der Waals surface area (Å²) in [5, 5.41) is 0. The Hall–Kier alpha value is -1.85. The first-order valence-corrected chi connectivity index (χ1v) is 12.2. The monoisotopic (exact) mass is 424 g/mol. The third-order valence-electron chi connectivity index (χ3n) is 6.92. The minimum Gasteiger partial charge on any atom is -0.367 e. The van der Waals surface area contributed by atoms with E-state index < -0.39 is 0 Å². The molecule has 3 aliphatic rings. The first-order chi connectivity index (χ1) is 14.7. The van der Waals surface area contributed by atoms with Crippen LogP contribution in [0.5, 0.6) is 0 Å². The molecule has 2 aromatic carbocycles. The molecule has 2 aromatic rings. The number of hydrogen-bond acceptors (Lipinski definition) is 4. The molecule has 0 radical (unpaired) electrons. The predicted octanol–water partition coefficient (Wildman–Crippen LogP) is 5.35. The molecule has 1 saturated heterocycles. The minimum atomic E-state index is -0.293. The molecule has 3 heterocycles. The molecule has 158 valence electrons. The van der Waals surface area contributed by atoms with Gasteiger partial charge >= 0.3 is 0 Å². The van der Waals surface area contributed by atoms with Crippen LogP contribution in [0.15, 0.2) is 47.4 Å². The van der Waals surface area contributed by atoms with Crippen LogP contribution in [0.2, 0.25) is 0 Å². The molecule has 0 N–H and O–H groups in total. The Labute approximate surface area is 182 Å². The number of carbonyl (C=O) groups is 1. The fourth-order valence-electron chi connectivity index (χ4n) is 5.47. The van der Waals surface area contributed by atoms with Crippen molar-refractivity contribution in [3.8, 4) is 0 Å². The first kappa shape index (κ1) is 20.1. The molecule has 5 heteroatoms. The third kappa shape index (κ3) is 3.90. The standard InChI is InChI=1S/C25H29FN2OS/c26-19-9-7-18(8-10-19)23(29)5-2-13-27-15-11-20-21-4-1-6-24-25(21)28(14-3-17-30-24)22(20)12-16-27/h1,4,6-10,20,22H,2-3,5,11-17H2. The number of Topliss-reactive ketones (excluding diaryl/α,β-unsaturated/α-hetero) is 1. The summed E-state index contributed by atoms with van der Waals surface area (Å²) in [4.78, 5) is 19.1. The molecule has 2 atom stereocenters. The Morgan fingerprint density at radius 2 is 1.90 bits per heavy atom. The van der Waals surface area contributed by atoms with Crippen LogP contribution >= 0.6 is 11.8 Å². The van der Waals surface area contributed by atoms with E-state index in [9.17, 15) is 9.18 Å². The maximum Gasteiger partial charge on any atom is 0.162 e. The largest absolute Gasteiger partial charge is 0.367 e. The fourth-order valence-corrected chi connectivity index (χ4v) is 6.51. The Bertz CT molecular complexity index is 916. The van der Waals surface area contributed by atoms with Crippen LogP contribution in [0.3, 0.4) is 0 Å². The Kier molecular flexibility index (Phi) is 5.83. The highest BCUT2D eigenvalue weighted by molar-refractivity contribution is 7.99. The van der Waals surface area contributed by atoms with Crippen molar-refractivity contribution in [2.75, 3.05) is 36.8 Å². The van der Waals surface area contributed by atoms with Crippen LogP contribution in [0, 0.1) is 5.82 Å². The number of nitrogens with zero attached hydrogens (tertiary/aromatic N) is 2. The number of halogens is 1. The zero-order valence-electron chi connectivity index (χ0n) is 17.4. The van der Waals surface area contributed by atoms with Gasteiger partial charge < -0.3 is 9.80 Å². The number of likely N-dealkylation sites (tertiary alicyclic amines) is 1. The topological polar surface area (TPSA) is 23.6 Å². The van der Waals surface area contributed by atoms with Crippen LogP contribution in [-0.2, 0) is 0 Å². The summed E-state index contributed by atoms with van der Waals surface area (Å²) < 4.78 is 13.1. The lowest BCUT2D eigenvalue weighted by Gasteiger charge is -2.29. The summed E-state index contributed by atoms with van der Waals surface area (Å²) in [5.74, 6) is 1.69. The Morgan fingerprint density at radius 3 is 2.77 bits per heavy atom. The maximum absolute atomic E-state index is 13.1. The van der Waals surface area contributed by atoms with Gasteiger partial charge in [-0.3, -0.25) is 4.79 Å². The SMILES string of the molecule is O=C(CCCN1CCC2c3cccc4c3N(CCCS4)C2CC1)c1ccc(F)cc1. The van der Waals surface area contributed by atoms with Crippen molar-refractivity contribution in [3.63, 3.8) is 0 Å². The van der Waals surface area contributed by atoms with Gasteiger partial charge in [0.15, 0.2) is 5.78 Å². The molecular formula is C25H29FN2OS. The zero-order chi connectivity index (χ0) is 20.5. The van der Waals surface area contributed by atoms with E-state index in [1.54, 1.807) is 17.7 Å². The van der Waals surface area contributed by atoms with Gasteiger partial charge in [0.1, 0.15) is 5.82 Å². The summed E-state index contributed by atoms with van der Waals surface area (Å²) in [5.41, 5.74) is 3.72. The summed E-state index contributed by atoms with van der Waals surface area (Å²) in [7, 11) is 0. The molecule has 0 saturated carbocycles. The lowest BCUT2D eigenvalue weighted by molar-refractivity contribution is 0.0975. The number of para-hydroxylation sites is 1. The molecule has 0 aromatic heterocycles. The number of fused-ring (bicyclic) bond motifs is 3. The van der Waals surface area contributed by atoms with Crippen LogP contribution in [0.4, 0.5) is 10.1 Å². The van der Waals surface area contributed by atoms with E-state index in [0.29, 0.717) is 23.9 Å². The average Bonchev–Trinajstić information content (AvgIpc) is 2.91. The maximum atomic E-state index is 13.1. The van der Waals surface area contributed by atoms with Crippen LogP contribution in [0.25, 0.3) is 0 Å². The molecule has 3 aliphatic heterocycles. The third-order valence-corrected chi connectivity index (χ3v) is 8.06. The van der Waals surface area contributed by atoms with Gasteiger partial charge in [-0.1, -0.05) is 12.1 Å². The van der Waals surface area contributed by atoms with Gasteiger partial charge in [-0.15, -0.1) is 11.8 Å². The normalized spacial score (nSPS) is 23.4. The minimum absolute atomic E-state index is 0.116. The quantitative estimate of drug-likeness (QED) is 0.604. The van der Waals surface area contributed by atoms with Crippen molar-refractivity contribution >= 4 is 23.2 Å². The highest BCUT2D eigenvalue weighted by atomic mass is 32.2. The van der Waals surface area contributed by atoms with E-state index in [1.807, 2.05) is 11.8 Å². The van der Waals surface area contributed by atoms with Crippen molar-refractivity contribution in [3.05, 3.63) is 59.4 Å². The number of anilines is 1. The van der Waals surface area contributed by atoms with Gasteiger partial charge in [-0.25, -0.2) is 4.39 Å². The van der Waals surface area contributed by atoms with Gasteiger partial charge in [0.25, 0.3) is 0 Å². The van der Waals surface area contributed by atoms with Gasteiger partial charge in [0.05, 0.1) is 5.69 Å². The van der Waals surface area contributed by atoms with Gasteiger partial charge in [0.2, 0.25) is 0 Å². The van der Waals surface area contributed by atoms with Crippen LogP contribution < -0.4 is 4.90 Å². The highest BCUT2D eigenvalue weighted by Gasteiger charge is 2.41. The average molecular weight is 425 g/mol. The molecule has 0 bridgehead atoms. The van der Waals surface area contributed by atoms with Crippen LogP contribution in [-0.4, -0.2) is 48.7 Å². The smallest absolute Gasteiger partial charge is 0.162 e. The van der Waals surface area contributed by atoms with E-state index in [4.69, 9.17) is 0 Å². The number of carbonyl (C=O) groups excluding carboxylic acids is 1. The van der Waals surface area contributed by atoms with Crippen LogP contribution in [0.1, 0.15) is 53.9 Å². The lowest BCUT2D eigenvalue weighted by Crippen LogP contribution is -2.35. The number of benzene rings is 2. The zero-order valence-corrected chi connectivity index (χ0v) is 18.2. The van der Waals surface area contributed by atoms with E-state index in [2.05, 4.69) is 28.0 Å². The van der Waals surface area contributed by atoms with Crippen molar-refractivity contribution in [2.45, 2.75) is 49.0 Å². The second-order valence-corrected chi connectivity index (χ2v) is 9.85. The molecule has 30 heavy (non-hydrogen) atoms. The van der Waals surface area contributed by atoms with Gasteiger partial charge in [-0.2, -0.15) is 0 Å². The molecular weight excluding hydrogens is 395 g/mol.